The lowest BCUT2D eigenvalue weighted by Gasteiger charge is -2.20. The molecule has 2 heterocycles. The third kappa shape index (κ3) is 5.34. The summed E-state index contributed by atoms with van der Waals surface area (Å²) < 4.78 is 4.87. The van der Waals surface area contributed by atoms with Gasteiger partial charge in [-0.3, -0.25) is 24.7 Å². The molecule has 2 aromatic rings. The van der Waals surface area contributed by atoms with Crippen LogP contribution in [0, 0.1) is 0 Å². The summed E-state index contributed by atoms with van der Waals surface area (Å²) in [7, 11) is 0. The van der Waals surface area contributed by atoms with Gasteiger partial charge in [-0.2, -0.15) is 11.3 Å². The maximum absolute atomic E-state index is 12.6. The zero-order valence-corrected chi connectivity index (χ0v) is 17.4. The molecule has 0 saturated heterocycles. The minimum Gasteiger partial charge on any atom is -0.448 e. The van der Waals surface area contributed by atoms with Crippen molar-refractivity contribution >= 4 is 35.2 Å². The highest BCUT2D eigenvalue weighted by Crippen LogP contribution is 2.12. The van der Waals surface area contributed by atoms with Gasteiger partial charge < -0.3 is 4.74 Å². The van der Waals surface area contributed by atoms with Crippen molar-refractivity contribution in [3.63, 3.8) is 0 Å². The number of imide groups is 1. The summed E-state index contributed by atoms with van der Waals surface area (Å²) in [6, 6.07) is 7.39. The lowest BCUT2D eigenvalue weighted by atomic mass is 10.1. The van der Waals surface area contributed by atoms with Crippen LogP contribution in [-0.4, -0.2) is 40.3 Å². The Morgan fingerprint density at radius 1 is 0.935 bits per heavy atom. The van der Waals surface area contributed by atoms with Crippen molar-refractivity contribution in [3.05, 3.63) is 94.5 Å². The number of rotatable bonds is 4. The van der Waals surface area contributed by atoms with Crippen LogP contribution in [0.5, 0.6) is 0 Å². The Labute approximate surface area is 182 Å². The molecule has 1 N–H and O–H groups in total. The molecule has 0 atom stereocenters. The number of carbonyl (C=O) groups is 4. The van der Waals surface area contributed by atoms with Crippen molar-refractivity contribution < 1.29 is 23.9 Å². The molecule has 0 fully saturated rings. The molecule has 1 aromatic heterocycles. The summed E-state index contributed by atoms with van der Waals surface area (Å²) in [5, 5.41) is 3.77. The van der Waals surface area contributed by atoms with Crippen LogP contribution in [-0.2, 0) is 4.74 Å². The van der Waals surface area contributed by atoms with Gasteiger partial charge in [-0.15, -0.1) is 5.01 Å². The number of nitrogens with one attached hydrogen (secondary N) is 1. The molecule has 0 spiro atoms. The Morgan fingerprint density at radius 3 is 2.16 bits per heavy atom. The normalized spacial score (nSPS) is 12.2. The molecule has 0 bridgehead atoms. The van der Waals surface area contributed by atoms with E-state index in [1.807, 2.05) is 0 Å². The summed E-state index contributed by atoms with van der Waals surface area (Å²) in [4.78, 5) is 51.4. The van der Waals surface area contributed by atoms with Crippen LogP contribution >= 0.6 is 11.3 Å². The van der Waals surface area contributed by atoms with E-state index in [1.54, 1.807) is 54.4 Å². The first kappa shape index (κ1) is 21.7. The Kier molecular flexibility index (Phi) is 7.13. The van der Waals surface area contributed by atoms with Crippen LogP contribution in [0.3, 0.4) is 0 Å². The first-order valence-corrected chi connectivity index (χ1v) is 10.2. The van der Waals surface area contributed by atoms with Gasteiger partial charge >= 0.3 is 6.09 Å². The highest BCUT2D eigenvalue weighted by molar-refractivity contribution is 7.08. The number of benzene rings is 1. The van der Waals surface area contributed by atoms with Gasteiger partial charge in [0, 0.05) is 28.9 Å². The van der Waals surface area contributed by atoms with E-state index in [9.17, 15) is 19.2 Å². The molecule has 0 unspecified atom stereocenters. The van der Waals surface area contributed by atoms with Gasteiger partial charge in [-0.1, -0.05) is 12.2 Å². The molecular formula is C22H19N3O5S. The van der Waals surface area contributed by atoms with Crippen LogP contribution in [0.25, 0.3) is 0 Å². The average Bonchev–Trinajstić information content (AvgIpc) is 3.19. The molecule has 9 heteroatoms. The lowest BCUT2D eigenvalue weighted by molar-refractivity contribution is 0.0506. The standard InChI is InChI=1S/C22H19N3O5S/c1-2-30-22(29)25(21(28)18-11-14-31-15-18)23-19(26)16-7-9-17(10-8-16)20(27)24-12-5-3-4-6-13-24/h3-15H,2H2,1H3,(H,23,26). The quantitative estimate of drug-likeness (QED) is 0.736. The predicted molar refractivity (Wildman–Crippen MR) is 115 cm³/mol. The average molecular weight is 437 g/mol. The summed E-state index contributed by atoms with van der Waals surface area (Å²) in [5.41, 5.74) is 3.04. The van der Waals surface area contributed by atoms with Crippen molar-refractivity contribution in [1.82, 2.24) is 15.3 Å². The van der Waals surface area contributed by atoms with E-state index in [1.165, 1.54) is 46.6 Å². The monoisotopic (exact) mass is 437 g/mol. The van der Waals surface area contributed by atoms with Gasteiger partial charge in [0.15, 0.2) is 0 Å². The second-order valence-electron chi connectivity index (χ2n) is 6.15. The topological polar surface area (TPSA) is 96.0 Å². The van der Waals surface area contributed by atoms with Crippen molar-refractivity contribution in [3.8, 4) is 0 Å². The summed E-state index contributed by atoms with van der Waals surface area (Å²) in [6.07, 6.45) is 9.30. The van der Waals surface area contributed by atoms with Crippen LogP contribution in [0.2, 0.25) is 0 Å². The fourth-order valence-electron chi connectivity index (χ4n) is 2.56. The fourth-order valence-corrected chi connectivity index (χ4v) is 3.19. The van der Waals surface area contributed by atoms with Gasteiger partial charge in [0.25, 0.3) is 17.7 Å². The van der Waals surface area contributed by atoms with Crippen LogP contribution in [0.1, 0.15) is 38.0 Å². The summed E-state index contributed by atoms with van der Waals surface area (Å²) >= 11 is 1.28. The summed E-state index contributed by atoms with van der Waals surface area (Å²) in [6.45, 7) is 1.63. The number of hydrazine groups is 1. The molecule has 1 aromatic carbocycles. The SMILES string of the molecule is CCOC(=O)N(NC(=O)c1ccc(C(=O)N2C=CC=CC=C2)cc1)C(=O)c1ccsc1. The number of nitrogens with zero attached hydrogens (tertiary/aromatic N) is 2. The number of allylic oxidation sites excluding steroid dienone is 4. The second-order valence-corrected chi connectivity index (χ2v) is 6.93. The molecule has 3 rings (SSSR count). The maximum atomic E-state index is 12.6. The van der Waals surface area contributed by atoms with Crippen molar-refractivity contribution in [2.24, 2.45) is 0 Å². The fraction of sp³-hybridized carbons (Fsp3) is 0.0909. The number of thiophene rings is 1. The number of amides is 4. The maximum Gasteiger partial charge on any atom is 0.436 e. The molecule has 1 aliphatic heterocycles. The highest BCUT2D eigenvalue weighted by Gasteiger charge is 2.27. The number of ether oxygens (including phenoxy) is 1. The van der Waals surface area contributed by atoms with Gasteiger partial charge in [0.05, 0.1) is 12.2 Å². The van der Waals surface area contributed by atoms with Gasteiger partial charge in [-0.25, -0.2) is 4.79 Å². The third-order valence-electron chi connectivity index (χ3n) is 4.09. The number of carbonyl (C=O) groups excluding carboxylic acids is 4. The first-order valence-electron chi connectivity index (χ1n) is 9.30. The first-order chi connectivity index (χ1) is 15.0. The zero-order chi connectivity index (χ0) is 22.2. The van der Waals surface area contributed by atoms with Gasteiger partial charge in [0.1, 0.15) is 0 Å². The Balaban J connectivity index is 1.74. The number of hydrogen-bond acceptors (Lipinski definition) is 6. The van der Waals surface area contributed by atoms with Crippen LogP contribution in [0.4, 0.5) is 4.79 Å². The van der Waals surface area contributed by atoms with Gasteiger partial charge in [0.2, 0.25) is 0 Å². The van der Waals surface area contributed by atoms with E-state index in [0.29, 0.717) is 10.6 Å². The Bertz CT molecular complexity index is 1040. The van der Waals surface area contributed by atoms with E-state index < -0.39 is 17.9 Å². The third-order valence-corrected chi connectivity index (χ3v) is 4.77. The van der Waals surface area contributed by atoms with Crippen molar-refractivity contribution in [1.29, 1.82) is 0 Å². The minimum atomic E-state index is -0.993. The minimum absolute atomic E-state index is 0.0356. The number of hydrogen-bond donors (Lipinski definition) is 1. The van der Waals surface area contributed by atoms with Crippen LogP contribution in [0.15, 0.2) is 77.8 Å². The summed E-state index contributed by atoms with van der Waals surface area (Å²) in [5.74, 6) is -1.69. The molecular weight excluding hydrogens is 418 g/mol. The zero-order valence-electron chi connectivity index (χ0n) is 16.6. The van der Waals surface area contributed by atoms with Gasteiger partial charge in [-0.05, 0) is 54.8 Å². The van der Waals surface area contributed by atoms with E-state index in [0.717, 1.165) is 0 Å². The van der Waals surface area contributed by atoms with Crippen molar-refractivity contribution in [2.75, 3.05) is 6.61 Å². The molecule has 158 valence electrons. The lowest BCUT2D eigenvalue weighted by Crippen LogP contribution is -2.50. The van der Waals surface area contributed by atoms with Crippen LogP contribution < -0.4 is 5.43 Å². The second kappa shape index (κ2) is 10.2. The molecule has 4 amide bonds. The molecule has 0 saturated carbocycles. The molecule has 8 nitrogen and oxygen atoms in total. The van der Waals surface area contributed by atoms with E-state index >= 15 is 0 Å². The van der Waals surface area contributed by atoms with Crippen molar-refractivity contribution in [2.45, 2.75) is 6.92 Å². The Hall–Kier alpha value is -3.98. The smallest absolute Gasteiger partial charge is 0.436 e. The largest absolute Gasteiger partial charge is 0.448 e. The van der Waals surface area contributed by atoms with E-state index in [2.05, 4.69) is 5.43 Å². The molecule has 0 aliphatic carbocycles. The highest BCUT2D eigenvalue weighted by atomic mass is 32.1. The molecule has 1 aliphatic rings. The molecule has 31 heavy (non-hydrogen) atoms. The Morgan fingerprint density at radius 2 is 1.58 bits per heavy atom. The predicted octanol–water partition coefficient (Wildman–Crippen LogP) is 3.73. The van der Waals surface area contributed by atoms with E-state index in [-0.39, 0.29) is 23.6 Å². The molecule has 0 radical (unpaired) electrons. The van der Waals surface area contributed by atoms with E-state index in [4.69, 9.17) is 4.74 Å².